The van der Waals surface area contributed by atoms with Crippen LogP contribution in [-0.2, 0) is 17.8 Å². The molecule has 1 N–H and O–H groups in total. The molecule has 1 aromatic rings. The van der Waals surface area contributed by atoms with Crippen LogP contribution in [0.1, 0.15) is 38.1 Å². The van der Waals surface area contributed by atoms with Gasteiger partial charge in [0.05, 0.1) is 15.9 Å². The van der Waals surface area contributed by atoms with Gasteiger partial charge in [0.15, 0.2) is 0 Å². The SMILES string of the molecule is CCCOCCCNCc1c(Br)c(C)nn1CC. The van der Waals surface area contributed by atoms with Crippen molar-refractivity contribution >= 4 is 15.9 Å². The summed E-state index contributed by atoms with van der Waals surface area (Å²) in [7, 11) is 0. The molecule has 0 unspecified atom stereocenters. The van der Waals surface area contributed by atoms with Gasteiger partial charge < -0.3 is 10.1 Å². The maximum absolute atomic E-state index is 5.44. The molecule has 0 aliphatic heterocycles. The Balaban J connectivity index is 2.26. The number of hydrogen-bond donors (Lipinski definition) is 1. The van der Waals surface area contributed by atoms with Crippen LogP contribution in [0, 0.1) is 6.92 Å². The first-order chi connectivity index (χ1) is 8.70. The van der Waals surface area contributed by atoms with Crippen molar-refractivity contribution in [3.63, 3.8) is 0 Å². The van der Waals surface area contributed by atoms with E-state index in [2.05, 4.69) is 40.2 Å². The molecule has 0 saturated carbocycles. The summed E-state index contributed by atoms with van der Waals surface area (Å²) >= 11 is 3.60. The molecule has 1 rings (SSSR count). The van der Waals surface area contributed by atoms with E-state index in [1.54, 1.807) is 0 Å². The highest BCUT2D eigenvalue weighted by molar-refractivity contribution is 9.10. The molecular weight excluding hydrogens is 294 g/mol. The van der Waals surface area contributed by atoms with Gasteiger partial charge in [-0.2, -0.15) is 5.10 Å². The summed E-state index contributed by atoms with van der Waals surface area (Å²) in [6.07, 6.45) is 2.15. The molecule has 1 aromatic heterocycles. The number of rotatable bonds is 9. The second kappa shape index (κ2) is 8.67. The Bertz CT molecular complexity index is 352. The number of ether oxygens (including phenoxy) is 1. The quantitative estimate of drug-likeness (QED) is 0.712. The van der Waals surface area contributed by atoms with Crippen molar-refractivity contribution in [3.8, 4) is 0 Å². The minimum atomic E-state index is 0.841. The monoisotopic (exact) mass is 317 g/mol. The predicted molar refractivity (Wildman–Crippen MR) is 77.8 cm³/mol. The van der Waals surface area contributed by atoms with Crippen LogP contribution in [0.25, 0.3) is 0 Å². The van der Waals surface area contributed by atoms with E-state index >= 15 is 0 Å². The average Bonchev–Trinajstić information content (AvgIpc) is 2.65. The van der Waals surface area contributed by atoms with E-state index in [0.717, 1.165) is 55.9 Å². The molecule has 0 atom stereocenters. The molecule has 0 fully saturated rings. The number of nitrogens with zero attached hydrogens (tertiary/aromatic N) is 2. The van der Waals surface area contributed by atoms with E-state index in [-0.39, 0.29) is 0 Å². The van der Waals surface area contributed by atoms with Gasteiger partial charge in [-0.3, -0.25) is 4.68 Å². The molecular formula is C13H24BrN3O. The third-order valence-electron chi connectivity index (χ3n) is 2.74. The van der Waals surface area contributed by atoms with E-state index in [4.69, 9.17) is 4.74 Å². The molecule has 0 aliphatic rings. The van der Waals surface area contributed by atoms with Crippen LogP contribution in [0.3, 0.4) is 0 Å². The Kier molecular flexibility index (Phi) is 7.54. The zero-order valence-corrected chi connectivity index (χ0v) is 13.2. The minimum Gasteiger partial charge on any atom is -0.381 e. The minimum absolute atomic E-state index is 0.841. The fourth-order valence-corrected chi connectivity index (χ4v) is 2.21. The fraction of sp³-hybridized carbons (Fsp3) is 0.769. The maximum atomic E-state index is 5.44. The Hall–Kier alpha value is -0.390. The lowest BCUT2D eigenvalue weighted by molar-refractivity contribution is 0.132. The van der Waals surface area contributed by atoms with E-state index in [9.17, 15) is 0 Å². The van der Waals surface area contributed by atoms with Crippen LogP contribution in [0.4, 0.5) is 0 Å². The second-order valence-corrected chi connectivity index (χ2v) is 5.10. The highest BCUT2D eigenvalue weighted by Crippen LogP contribution is 2.20. The number of aromatic nitrogens is 2. The van der Waals surface area contributed by atoms with Crippen molar-refractivity contribution in [2.45, 2.75) is 46.7 Å². The van der Waals surface area contributed by atoms with Gasteiger partial charge in [0.2, 0.25) is 0 Å². The fourth-order valence-electron chi connectivity index (χ4n) is 1.79. The zero-order chi connectivity index (χ0) is 13.4. The van der Waals surface area contributed by atoms with Crippen LogP contribution in [0.5, 0.6) is 0 Å². The molecule has 5 heteroatoms. The van der Waals surface area contributed by atoms with Crippen LogP contribution in [-0.4, -0.2) is 29.5 Å². The number of aryl methyl sites for hydroxylation is 2. The summed E-state index contributed by atoms with van der Waals surface area (Å²) in [5.74, 6) is 0. The Morgan fingerprint density at radius 2 is 2.11 bits per heavy atom. The average molecular weight is 318 g/mol. The van der Waals surface area contributed by atoms with E-state index in [0.29, 0.717) is 0 Å². The third-order valence-corrected chi connectivity index (χ3v) is 3.77. The normalized spacial score (nSPS) is 11.1. The molecule has 0 aliphatic carbocycles. The zero-order valence-electron chi connectivity index (χ0n) is 11.6. The van der Waals surface area contributed by atoms with Gasteiger partial charge in [-0.25, -0.2) is 0 Å². The van der Waals surface area contributed by atoms with E-state index < -0.39 is 0 Å². The molecule has 0 bridgehead atoms. The summed E-state index contributed by atoms with van der Waals surface area (Å²) in [6, 6.07) is 0. The first kappa shape index (κ1) is 15.7. The summed E-state index contributed by atoms with van der Waals surface area (Å²) in [4.78, 5) is 0. The number of nitrogens with one attached hydrogen (secondary N) is 1. The molecule has 0 aromatic carbocycles. The summed E-state index contributed by atoms with van der Waals surface area (Å²) in [6.45, 7) is 10.7. The molecule has 18 heavy (non-hydrogen) atoms. The molecule has 0 radical (unpaired) electrons. The van der Waals surface area contributed by atoms with Gasteiger partial charge in [-0.15, -0.1) is 0 Å². The van der Waals surface area contributed by atoms with Crippen LogP contribution in [0.15, 0.2) is 4.47 Å². The highest BCUT2D eigenvalue weighted by Gasteiger charge is 2.10. The van der Waals surface area contributed by atoms with Crippen LogP contribution in [0.2, 0.25) is 0 Å². The number of halogens is 1. The lowest BCUT2D eigenvalue weighted by atomic mass is 10.3. The van der Waals surface area contributed by atoms with Gasteiger partial charge in [0.25, 0.3) is 0 Å². The standard InChI is InChI=1S/C13H24BrN3O/c1-4-8-18-9-6-7-15-10-12-13(14)11(3)16-17(12)5-2/h15H,4-10H2,1-3H3. The summed E-state index contributed by atoms with van der Waals surface area (Å²) in [5.41, 5.74) is 2.28. The molecule has 4 nitrogen and oxygen atoms in total. The van der Waals surface area contributed by atoms with Crippen LogP contribution < -0.4 is 5.32 Å². The lowest BCUT2D eigenvalue weighted by Gasteiger charge is -2.08. The molecule has 0 saturated heterocycles. The van der Waals surface area contributed by atoms with Gasteiger partial charge in [0, 0.05) is 26.3 Å². The molecule has 0 spiro atoms. The van der Waals surface area contributed by atoms with Gasteiger partial charge in [0.1, 0.15) is 0 Å². The van der Waals surface area contributed by atoms with E-state index in [1.165, 1.54) is 5.69 Å². The first-order valence-corrected chi connectivity index (χ1v) is 7.50. The van der Waals surface area contributed by atoms with Gasteiger partial charge in [-0.05, 0) is 49.2 Å². The largest absolute Gasteiger partial charge is 0.381 e. The van der Waals surface area contributed by atoms with Gasteiger partial charge >= 0.3 is 0 Å². The Labute approximate surface area is 118 Å². The first-order valence-electron chi connectivity index (χ1n) is 6.70. The molecule has 1 heterocycles. The predicted octanol–water partition coefficient (Wildman–Crippen LogP) is 2.88. The van der Waals surface area contributed by atoms with Crippen molar-refractivity contribution < 1.29 is 4.74 Å². The van der Waals surface area contributed by atoms with Crippen molar-refractivity contribution in [2.24, 2.45) is 0 Å². The van der Waals surface area contributed by atoms with Gasteiger partial charge in [-0.1, -0.05) is 6.92 Å². The molecule has 0 amide bonds. The third kappa shape index (κ3) is 4.71. The smallest absolute Gasteiger partial charge is 0.0739 e. The molecule has 104 valence electrons. The Morgan fingerprint density at radius 1 is 1.33 bits per heavy atom. The summed E-state index contributed by atoms with van der Waals surface area (Å²) < 4.78 is 8.61. The van der Waals surface area contributed by atoms with Crippen molar-refractivity contribution in [1.29, 1.82) is 0 Å². The lowest BCUT2D eigenvalue weighted by Crippen LogP contribution is -2.19. The Morgan fingerprint density at radius 3 is 2.78 bits per heavy atom. The van der Waals surface area contributed by atoms with E-state index in [1.807, 2.05) is 11.6 Å². The summed E-state index contributed by atoms with van der Waals surface area (Å²) in [5, 5.41) is 7.91. The van der Waals surface area contributed by atoms with Crippen molar-refractivity contribution in [2.75, 3.05) is 19.8 Å². The van der Waals surface area contributed by atoms with Crippen LogP contribution >= 0.6 is 15.9 Å². The van der Waals surface area contributed by atoms with Crippen molar-refractivity contribution in [3.05, 3.63) is 15.9 Å². The van der Waals surface area contributed by atoms with Crippen molar-refractivity contribution in [1.82, 2.24) is 15.1 Å². The highest BCUT2D eigenvalue weighted by atomic mass is 79.9. The second-order valence-electron chi connectivity index (χ2n) is 4.30. The maximum Gasteiger partial charge on any atom is 0.0739 e. The topological polar surface area (TPSA) is 39.1 Å². The number of hydrogen-bond acceptors (Lipinski definition) is 3.